The molecule has 0 amide bonds. The normalized spacial score (nSPS) is 13.3. The van der Waals surface area contributed by atoms with E-state index in [9.17, 15) is 8.42 Å². The van der Waals surface area contributed by atoms with Gasteiger partial charge in [-0.25, -0.2) is 18.1 Å². The number of hydrogen-bond donors (Lipinski definition) is 2. The number of halogens is 1. The molecule has 8 heteroatoms. The highest BCUT2D eigenvalue weighted by atomic mass is 35.5. The zero-order valence-corrected chi connectivity index (χ0v) is 12.4. The number of nitrogens with two attached hydrogens (primary N) is 1. The van der Waals surface area contributed by atoms with Crippen molar-refractivity contribution in [3.05, 3.63) is 47.4 Å². The lowest BCUT2D eigenvalue weighted by molar-refractivity contribution is 0.569. The first kappa shape index (κ1) is 15.0. The van der Waals surface area contributed by atoms with Gasteiger partial charge in [-0.15, -0.1) is 0 Å². The molecule has 1 heterocycles. The van der Waals surface area contributed by atoms with E-state index in [2.05, 4.69) is 9.71 Å². The maximum Gasteiger partial charge on any atom is 0.261 e. The fraction of sp³-hybridized carbons (Fsp3) is 0.250. The molecule has 0 bridgehead atoms. The van der Waals surface area contributed by atoms with Crippen molar-refractivity contribution in [1.29, 1.82) is 0 Å². The van der Waals surface area contributed by atoms with E-state index in [0.29, 0.717) is 0 Å². The standard InChI is InChI=1S/C12H15ClN4O2S/c1-17-8-15-12(11(17)13)20(18,19)16-7-10(14)9-5-3-2-4-6-9/h2-6,8,10,16H,7,14H2,1H3. The summed E-state index contributed by atoms with van der Waals surface area (Å²) in [7, 11) is -2.15. The molecule has 1 atom stereocenters. The molecule has 0 aliphatic carbocycles. The lowest BCUT2D eigenvalue weighted by Gasteiger charge is -2.12. The van der Waals surface area contributed by atoms with Crippen molar-refractivity contribution in [3.63, 3.8) is 0 Å². The fourth-order valence-electron chi connectivity index (χ4n) is 1.66. The topological polar surface area (TPSA) is 90.0 Å². The van der Waals surface area contributed by atoms with Crippen molar-refractivity contribution in [3.8, 4) is 0 Å². The number of sulfonamides is 1. The first-order chi connectivity index (χ1) is 9.42. The Labute approximate surface area is 122 Å². The van der Waals surface area contributed by atoms with Crippen LogP contribution in [0, 0.1) is 0 Å². The molecule has 108 valence electrons. The molecule has 2 aromatic rings. The minimum absolute atomic E-state index is 0.0609. The fourth-order valence-corrected chi connectivity index (χ4v) is 3.14. The number of imidazole rings is 1. The molecule has 0 saturated heterocycles. The third kappa shape index (κ3) is 3.18. The number of rotatable bonds is 5. The summed E-state index contributed by atoms with van der Waals surface area (Å²) in [5.74, 6) is 0. The summed E-state index contributed by atoms with van der Waals surface area (Å²) < 4.78 is 28.0. The maximum atomic E-state index is 12.1. The van der Waals surface area contributed by atoms with Gasteiger partial charge in [-0.1, -0.05) is 41.9 Å². The molecule has 1 aromatic carbocycles. The molecule has 0 aliphatic rings. The van der Waals surface area contributed by atoms with Gasteiger partial charge in [0.15, 0.2) is 0 Å². The summed E-state index contributed by atoms with van der Waals surface area (Å²) in [4.78, 5) is 3.78. The quantitative estimate of drug-likeness (QED) is 0.863. The van der Waals surface area contributed by atoms with Gasteiger partial charge in [0.25, 0.3) is 10.0 Å². The Bertz CT molecular complexity index is 685. The smallest absolute Gasteiger partial charge is 0.261 e. The minimum Gasteiger partial charge on any atom is -0.324 e. The Kier molecular flexibility index (Phi) is 4.44. The number of aryl methyl sites for hydroxylation is 1. The van der Waals surface area contributed by atoms with Gasteiger partial charge in [-0.3, -0.25) is 0 Å². The predicted molar refractivity (Wildman–Crippen MR) is 76.8 cm³/mol. The number of benzene rings is 1. The van der Waals surface area contributed by atoms with Crippen LogP contribution in [0.4, 0.5) is 0 Å². The lowest BCUT2D eigenvalue weighted by atomic mass is 10.1. The summed E-state index contributed by atoms with van der Waals surface area (Å²) >= 11 is 5.88. The van der Waals surface area contributed by atoms with E-state index in [0.717, 1.165) is 5.56 Å². The highest BCUT2D eigenvalue weighted by molar-refractivity contribution is 7.89. The first-order valence-corrected chi connectivity index (χ1v) is 7.75. The summed E-state index contributed by atoms with van der Waals surface area (Å²) in [5.41, 5.74) is 6.79. The van der Waals surface area contributed by atoms with Crippen LogP contribution in [-0.2, 0) is 17.1 Å². The van der Waals surface area contributed by atoms with Crippen molar-refractivity contribution in [1.82, 2.24) is 14.3 Å². The van der Waals surface area contributed by atoms with Gasteiger partial charge >= 0.3 is 0 Å². The molecule has 1 aromatic heterocycles. The Hall–Kier alpha value is -1.41. The van der Waals surface area contributed by atoms with Gasteiger partial charge in [0, 0.05) is 19.6 Å². The predicted octanol–water partition coefficient (Wildman–Crippen LogP) is 1.05. The van der Waals surface area contributed by atoms with E-state index in [1.54, 1.807) is 7.05 Å². The molecule has 0 saturated carbocycles. The summed E-state index contributed by atoms with van der Waals surface area (Å²) in [6, 6.07) is 8.81. The van der Waals surface area contributed by atoms with Crippen LogP contribution in [0.2, 0.25) is 5.15 Å². The molecule has 0 aliphatic heterocycles. The van der Waals surface area contributed by atoms with E-state index in [1.165, 1.54) is 10.9 Å². The van der Waals surface area contributed by atoms with Crippen molar-refractivity contribution in [2.75, 3.05) is 6.54 Å². The second-order valence-corrected chi connectivity index (χ2v) is 6.36. The second-order valence-electron chi connectivity index (χ2n) is 4.32. The van der Waals surface area contributed by atoms with Gasteiger partial charge in [-0.2, -0.15) is 0 Å². The Morgan fingerprint density at radius 1 is 1.40 bits per heavy atom. The van der Waals surface area contributed by atoms with Gasteiger partial charge in [0.05, 0.1) is 6.33 Å². The molecular weight excluding hydrogens is 300 g/mol. The molecule has 2 rings (SSSR count). The molecule has 20 heavy (non-hydrogen) atoms. The average molecular weight is 315 g/mol. The third-order valence-electron chi connectivity index (χ3n) is 2.81. The zero-order chi connectivity index (χ0) is 14.8. The maximum absolute atomic E-state index is 12.1. The van der Waals surface area contributed by atoms with E-state index in [4.69, 9.17) is 17.3 Å². The number of nitrogens with zero attached hydrogens (tertiary/aromatic N) is 2. The van der Waals surface area contributed by atoms with Crippen LogP contribution < -0.4 is 10.5 Å². The zero-order valence-electron chi connectivity index (χ0n) is 10.8. The Balaban J connectivity index is 2.09. The van der Waals surface area contributed by atoms with Crippen LogP contribution in [0.3, 0.4) is 0 Å². The van der Waals surface area contributed by atoms with Crippen LogP contribution in [0.15, 0.2) is 41.7 Å². The molecule has 1 unspecified atom stereocenters. The highest BCUT2D eigenvalue weighted by Crippen LogP contribution is 2.18. The average Bonchev–Trinajstić information content (AvgIpc) is 2.78. The lowest BCUT2D eigenvalue weighted by Crippen LogP contribution is -2.32. The van der Waals surface area contributed by atoms with Crippen molar-refractivity contribution >= 4 is 21.6 Å². The third-order valence-corrected chi connectivity index (χ3v) is 4.72. The number of hydrogen-bond acceptors (Lipinski definition) is 4. The van der Waals surface area contributed by atoms with Crippen molar-refractivity contribution in [2.45, 2.75) is 11.1 Å². The van der Waals surface area contributed by atoms with Crippen LogP contribution in [0.1, 0.15) is 11.6 Å². The minimum atomic E-state index is -3.77. The van der Waals surface area contributed by atoms with E-state index in [-0.39, 0.29) is 16.7 Å². The molecule has 0 radical (unpaired) electrons. The van der Waals surface area contributed by atoms with Crippen molar-refractivity contribution < 1.29 is 8.42 Å². The molecule has 6 nitrogen and oxygen atoms in total. The van der Waals surface area contributed by atoms with E-state index in [1.807, 2.05) is 30.3 Å². The molecule has 0 spiro atoms. The SMILES string of the molecule is Cn1cnc(S(=O)(=O)NCC(N)c2ccccc2)c1Cl. The van der Waals surface area contributed by atoms with Gasteiger partial charge in [0.1, 0.15) is 5.15 Å². The van der Waals surface area contributed by atoms with Gasteiger partial charge < -0.3 is 10.3 Å². The second kappa shape index (κ2) is 5.92. The van der Waals surface area contributed by atoms with Crippen LogP contribution in [-0.4, -0.2) is 24.5 Å². The number of nitrogens with one attached hydrogen (secondary N) is 1. The van der Waals surface area contributed by atoms with E-state index >= 15 is 0 Å². The van der Waals surface area contributed by atoms with Crippen LogP contribution in [0.25, 0.3) is 0 Å². The summed E-state index contributed by atoms with van der Waals surface area (Å²) in [6.45, 7) is 0.0687. The molecule has 3 N–H and O–H groups in total. The molecule has 0 fully saturated rings. The largest absolute Gasteiger partial charge is 0.324 e. The number of aromatic nitrogens is 2. The van der Waals surface area contributed by atoms with E-state index < -0.39 is 16.1 Å². The monoisotopic (exact) mass is 314 g/mol. The van der Waals surface area contributed by atoms with Crippen LogP contribution in [0.5, 0.6) is 0 Å². The van der Waals surface area contributed by atoms with Crippen LogP contribution >= 0.6 is 11.6 Å². The summed E-state index contributed by atoms with van der Waals surface area (Å²) in [5, 5.41) is -0.132. The van der Waals surface area contributed by atoms with Crippen molar-refractivity contribution in [2.24, 2.45) is 12.8 Å². The summed E-state index contributed by atoms with van der Waals surface area (Å²) in [6.07, 6.45) is 1.34. The first-order valence-electron chi connectivity index (χ1n) is 5.89. The van der Waals surface area contributed by atoms with Gasteiger partial charge in [-0.05, 0) is 5.56 Å². The molecular formula is C12H15ClN4O2S. The Morgan fingerprint density at radius 2 is 2.05 bits per heavy atom. The Morgan fingerprint density at radius 3 is 2.60 bits per heavy atom. The van der Waals surface area contributed by atoms with Gasteiger partial charge in [0.2, 0.25) is 5.03 Å². The highest BCUT2D eigenvalue weighted by Gasteiger charge is 2.22.